The van der Waals surface area contributed by atoms with Gasteiger partial charge in [-0.3, -0.25) is 4.79 Å². The van der Waals surface area contributed by atoms with Gasteiger partial charge in [0.2, 0.25) is 0 Å². The molecule has 1 heterocycles. The van der Waals surface area contributed by atoms with Crippen LogP contribution in [0.1, 0.15) is 42.5 Å². The predicted octanol–water partition coefficient (Wildman–Crippen LogP) is 3.05. The summed E-state index contributed by atoms with van der Waals surface area (Å²) in [5.74, 6) is 1.29. The molecule has 68 valence electrons. The van der Waals surface area contributed by atoms with Gasteiger partial charge in [-0.05, 0) is 43.9 Å². The number of carbonyl (C=O) groups is 1. The molecule has 0 aliphatic heterocycles. The van der Waals surface area contributed by atoms with Crippen LogP contribution in [-0.4, -0.2) is 6.29 Å². The highest BCUT2D eigenvalue weighted by atomic mass is 16.3. The molecule has 0 aromatic carbocycles. The largest absolute Gasteiger partial charge is 0.454 e. The van der Waals surface area contributed by atoms with Gasteiger partial charge in [0, 0.05) is 0 Å². The van der Waals surface area contributed by atoms with Crippen LogP contribution < -0.4 is 0 Å². The lowest BCUT2D eigenvalue weighted by atomic mass is 10.1. The monoisotopic (exact) mass is 176 g/mol. The van der Waals surface area contributed by atoms with E-state index in [1.807, 2.05) is 6.07 Å². The van der Waals surface area contributed by atoms with Crippen LogP contribution in [-0.2, 0) is 0 Å². The summed E-state index contributed by atoms with van der Waals surface area (Å²) in [7, 11) is 0. The molecule has 0 spiro atoms. The second kappa shape index (κ2) is 3.21. The van der Waals surface area contributed by atoms with Crippen LogP contribution in [0, 0.1) is 0 Å². The molecule has 2 nitrogen and oxygen atoms in total. The van der Waals surface area contributed by atoms with Crippen molar-refractivity contribution < 1.29 is 9.21 Å². The zero-order valence-corrected chi connectivity index (χ0v) is 7.67. The first-order chi connectivity index (χ1) is 6.31. The van der Waals surface area contributed by atoms with E-state index in [-0.39, 0.29) is 0 Å². The molecule has 0 atom stereocenters. The van der Waals surface area contributed by atoms with Crippen molar-refractivity contribution in [3.8, 4) is 0 Å². The molecule has 2 heteroatoms. The summed E-state index contributed by atoms with van der Waals surface area (Å²) >= 11 is 0. The highest BCUT2D eigenvalue weighted by molar-refractivity contribution is 5.73. The molecular formula is C11H12O2. The van der Waals surface area contributed by atoms with Crippen LogP contribution in [0.25, 0.3) is 5.57 Å². The molecule has 1 aromatic rings. The second-order valence-corrected chi connectivity index (χ2v) is 3.43. The summed E-state index contributed by atoms with van der Waals surface area (Å²) < 4.78 is 5.36. The van der Waals surface area contributed by atoms with Gasteiger partial charge in [-0.25, -0.2) is 0 Å². The van der Waals surface area contributed by atoms with Crippen LogP contribution >= 0.6 is 0 Å². The zero-order chi connectivity index (χ0) is 9.26. The number of allylic oxidation sites excluding steroid dienone is 2. The third-order valence-electron chi connectivity index (χ3n) is 2.53. The Hall–Kier alpha value is -1.31. The lowest BCUT2D eigenvalue weighted by Gasteiger charge is -1.97. The number of furan rings is 1. The van der Waals surface area contributed by atoms with Gasteiger partial charge >= 0.3 is 0 Å². The van der Waals surface area contributed by atoms with Gasteiger partial charge in [0.25, 0.3) is 0 Å². The van der Waals surface area contributed by atoms with E-state index in [1.165, 1.54) is 17.6 Å². The van der Waals surface area contributed by atoms with Gasteiger partial charge in [-0.15, -0.1) is 0 Å². The summed E-state index contributed by atoms with van der Waals surface area (Å²) in [4.78, 5) is 10.4. The first-order valence-corrected chi connectivity index (χ1v) is 4.55. The van der Waals surface area contributed by atoms with Gasteiger partial charge in [-0.2, -0.15) is 0 Å². The molecule has 0 unspecified atom stereocenters. The number of rotatable bonds is 2. The molecule has 2 rings (SSSR count). The van der Waals surface area contributed by atoms with Gasteiger partial charge in [0.05, 0.1) is 0 Å². The van der Waals surface area contributed by atoms with E-state index in [9.17, 15) is 4.79 Å². The van der Waals surface area contributed by atoms with Crippen molar-refractivity contribution in [2.75, 3.05) is 0 Å². The van der Waals surface area contributed by atoms with Crippen molar-refractivity contribution >= 4 is 11.9 Å². The fourth-order valence-electron chi connectivity index (χ4n) is 1.81. The summed E-state index contributed by atoms with van der Waals surface area (Å²) in [6.07, 6.45) is 4.19. The summed E-state index contributed by atoms with van der Waals surface area (Å²) in [5, 5.41) is 0. The Morgan fingerprint density at radius 1 is 1.38 bits per heavy atom. The summed E-state index contributed by atoms with van der Waals surface area (Å²) in [6.45, 7) is 2.13. The van der Waals surface area contributed by atoms with Crippen LogP contribution in [0.5, 0.6) is 0 Å². The molecule has 13 heavy (non-hydrogen) atoms. The van der Waals surface area contributed by atoms with E-state index >= 15 is 0 Å². The standard InChI is InChI=1S/C11H12O2/c1-8-3-2-4-10(8)11-6-5-9(7-12)13-11/h5-7H,2-4H2,1H3. The third-order valence-corrected chi connectivity index (χ3v) is 2.53. The predicted molar refractivity (Wildman–Crippen MR) is 50.5 cm³/mol. The Bertz CT molecular complexity index is 358. The van der Waals surface area contributed by atoms with Crippen LogP contribution in [0.2, 0.25) is 0 Å². The molecule has 0 fully saturated rings. The van der Waals surface area contributed by atoms with Gasteiger partial charge in [-0.1, -0.05) is 5.57 Å². The Morgan fingerprint density at radius 3 is 2.77 bits per heavy atom. The fourth-order valence-corrected chi connectivity index (χ4v) is 1.81. The first kappa shape index (κ1) is 8.30. The van der Waals surface area contributed by atoms with Crippen molar-refractivity contribution in [1.82, 2.24) is 0 Å². The molecule has 0 bridgehead atoms. The van der Waals surface area contributed by atoms with Crippen LogP contribution in [0.3, 0.4) is 0 Å². The van der Waals surface area contributed by atoms with E-state index < -0.39 is 0 Å². The second-order valence-electron chi connectivity index (χ2n) is 3.43. The summed E-state index contributed by atoms with van der Waals surface area (Å²) in [6, 6.07) is 3.61. The highest BCUT2D eigenvalue weighted by Gasteiger charge is 2.15. The lowest BCUT2D eigenvalue weighted by Crippen LogP contribution is -1.78. The van der Waals surface area contributed by atoms with Crippen molar-refractivity contribution in [1.29, 1.82) is 0 Å². The SMILES string of the molecule is CC1=C(c2ccc(C=O)o2)CCC1. The summed E-state index contributed by atoms with van der Waals surface area (Å²) in [5.41, 5.74) is 2.68. The maximum Gasteiger partial charge on any atom is 0.185 e. The fraction of sp³-hybridized carbons (Fsp3) is 0.364. The quantitative estimate of drug-likeness (QED) is 0.648. The van der Waals surface area contributed by atoms with Crippen LogP contribution in [0.15, 0.2) is 22.1 Å². The minimum atomic E-state index is 0.419. The lowest BCUT2D eigenvalue weighted by molar-refractivity contribution is 0.110. The zero-order valence-electron chi connectivity index (χ0n) is 7.67. The molecule has 1 aliphatic rings. The Labute approximate surface area is 77.2 Å². The average Bonchev–Trinajstić information content (AvgIpc) is 2.71. The number of hydrogen-bond acceptors (Lipinski definition) is 2. The average molecular weight is 176 g/mol. The Balaban J connectivity index is 2.35. The topological polar surface area (TPSA) is 30.2 Å². The van der Waals surface area contributed by atoms with Gasteiger partial charge in [0.1, 0.15) is 5.76 Å². The van der Waals surface area contributed by atoms with E-state index in [2.05, 4.69) is 6.92 Å². The number of hydrogen-bond donors (Lipinski definition) is 0. The Morgan fingerprint density at radius 2 is 2.23 bits per heavy atom. The van der Waals surface area contributed by atoms with E-state index in [4.69, 9.17) is 4.42 Å². The van der Waals surface area contributed by atoms with E-state index in [1.54, 1.807) is 6.07 Å². The molecule has 1 aromatic heterocycles. The first-order valence-electron chi connectivity index (χ1n) is 4.55. The molecule has 0 radical (unpaired) electrons. The van der Waals surface area contributed by atoms with Gasteiger partial charge in [0.15, 0.2) is 12.0 Å². The molecule has 0 saturated heterocycles. The maximum atomic E-state index is 10.4. The normalized spacial score (nSPS) is 16.7. The molecule has 0 saturated carbocycles. The molecule has 0 amide bonds. The van der Waals surface area contributed by atoms with E-state index in [0.29, 0.717) is 5.76 Å². The van der Waals surface area contributed by atoms with Crippen molar-refractivity contribution in [2.45, 2.75) is 26.2 Å². The minimum absolute atomic E-state index is 0.419. The van der Waals surface area contributed by atoms with Crippen LogP contribution in [0.4, 0.5) is 0 Å². The molecule has 1 aliphatic carbocycles. The van der Waals surface area contributed by atoms with Crippen molar-refractivity contribution in [2.24, 2.45) is 0 Å². The highest BCUT2D eigenvalue weighted by Crippen LogP contribution is 2.33. The third kappa shape index (κ3) is 1.44. The Kier molecular flexibility index (Phi) is 2.05. The van der Waals surface area contributed by atoms with Gasteiger partial charge < -0.3 is 4.42 Å². The van der Waals surface area contributed by atoms with Crippen molar-refractivity contribution in [3.63, 3.8) is 0 Å². The minimum Gasteiger partial charge on any atom is -0.454 e. The number of aldehydes is 1. The number of carbonyl (C=O) groups excluding carboxylic acids is 1. The molecule has 0 N–H and O–H groups in total. The van der Waals surface area contributed by atoms with E-state index in [0.717, 1.165) is 24.9 Å². The smallest absolute Gasteiger partial charge is 0.185 e. The molecular weight excluding hydrogens is 164 g/mol. The van der Waals surface area contributed by atoms with Crippen molar-refractivity contribution in [3.05, 3.63) is 29.2 Å². The maximum absolute atomic E-state index is 10.4.